The Kier molecular flexibility index (Phi) is 7.89. The first-order valence-corrected chi connectivity index (χ1v) is 23.0. The van der Waals surface area contributed by atoms with Crippen LogP contribution in [0.4, 0.5) is 0 Å². The molecule has 0 bridgehead atoms. The Labute approximate surface area is 378 Å². The minimum atomic E-state index is 0.718. The molecule has 300 valence electrons. The monoisotopic (exact) mass is 840 g/mol. The highest BCUT2D eigenvalue weighted by molar-refractivity contribution is 7.26. The van der Waals surface area contributed by atoms with E-state index in [1.54, 1.807) is 0 Å². The highest BCUT2D eigenvalue weighted by Crippen LogP contribution is 2.45. The smallest absolute Gasteiger partial charge is 0.160 e. The van der Waals surface area contributed by atoms with Gasteiger partial charge in [-0.3, -0.25) is 0 Å². The third-order valence-corrected chi connectivity index (χ3v) is 14.8. The van der Waals surface area contributed by atoms with Crippen molar-refractivity contribution in [1.82, 2.24) is 9.97 Å². The van der Waals surface area contributed by atoms with Crippen molar-refractivity contribution < 1.29 is 0 Å². The van der Waals surface area contributed by atoms with Gasteiger partial charge >= 0.3 is 0 Å². The molecule has 14 aromatic rings. The van der Waals surface area contributed by atoms with Crippen molar-refractivity contribution >= 4 is 96.1 Å². The molecule has 0 N–H and O–H groups in total. The molecular formula is C62H36N2S. The van der Waals surface area contributed by atoms with Gasteiger partial charge in [-0.1, -0.05) is 188 Å². The van der Waals surface area contributed by atoms with E-state index in [0.717, 1.165) is 39.5 Å². The number of thiophene rings is 1. The van der Waals surface area contributed by atoms with Crippen molar-refractivity contribution in [2.45, 2.75) is 0 Å². The third-order valence-electron chi connectivity index (χ3n) is 13.6. The second kappa shape index (κ2) is 14.1. The summed E-state index contributed by atoms with van der Waals surface area (Å²) in [5.74, 6) is 0.718. The Bertz CT molecular complexity index is 4220. The van der Waals surface area contributed by atoms with Crippen LogP contribution >= 0.6 is 11.3 Å². The van der Waals surface area contributed by atoms with Crippen LogP contribution in [0.3, 0.4) is 0 Å². The Morgan fingerprint density at radius 2 is 0.800 bits per heavy atom. The van der Waals surface area contributed by atoms with E-state index in [9.17, 15) is 0 Å². The Morgan fingerprint density at radius 3 is 1.52 bits per heavy atom. The molecule has 2 aromatic heterocycles. The zero-order valence-corrected chi connectivity index (χ0v) is 35.9. The number of nitrogens with zero attached hydrogens (tertiary/aromatic N) is 2. The molecule has 0 aliphatic heterocycles. The van der Waals surface area contributed by atoms with E-state index in [1.165, 1.54) is 101 Å². The fraction of sp³-hybridized carbons (Fsp3) is 0. The van der Waals surface area contributed by atoms with Gasteiger partial charge in [0, 0.05) is 36.9 Å². The second-order valence-electron chi connectivity index (χ2n) is 17.2. The van der Waals surface area contributed by atoms with Gasteiger partial charge in [-0.2, -0.15) is 0 Å². The summed E-state index contributed by atoms with van der Waals surface area (Å²) < 4.78 is 2.52. The molecule has 0 aliphatic carbocycles. The van der Waals surface area contributed by atoms with Crippen LogP contribution in [-0.2, 0) is 0 Å². The van der Waals surface area contributed by atoms with Crippen LogP contribution in [0.15, 0.2) is 218 Å². The zero-order chi connectivity index (χ0) is 42.6. The molecule has 14 rings (SSSR count). The quantitative estimate of drug-likeness (QED) is 0.161. The highest BCUT2D eigenvalue weighted by Gasteiger charge is 2.18. The summed E-state index contributed by atoms with van der Waals surface area (Å²) >= 11 is 1.83. The molecule has 12 aromatic carbocycles. The van der Waals surface area contributed by atoms with Gasteiger partial charge in [-0.05, 0) is 117 Å². The van der Waals surface area contributed by atoms with Gasteiger partial charge in [-0.25, -0.2) is 9.97 Å². The Hall–Kier alpha value is -8.24. The van der Waals surface area contributed by atoms with Crippen molar-refractivity contribution in [1.29, 1.82) is 0 Å². The van der Waals surface area contributed by atoms with Gasteiger partial charge in [0.25, 0.3) is 0 Å². The first kappa shape index (κ1) is 36.3. The van der Waals surface area contributed by atoms with E-state index in [0.29, 0.717) is 0 Å². The van der Waals surface area contributed by atoms with Gasteiger partial charge < -0.3 is 0 Å². The molecular weight excluding hydrogens is 805 g/mol. The molecule has 0 fully saturated rings. The van der Waals surface area contributed by atoms with E-state index in [2.05, 4.69) is 212 Å². The lowest BCUT2D eigenvalue weighted by Gasteiger charge is -2.17. The van der Waals surface area contributed by atoms with Gasteiger partial charge in [0.05, 0.1) is 11.4 Å². The predicted octanol–water partition coefficient (Wildman–Crippen LogP) is 17.5. The maximum Gasteiger partial charge on any atom is 0.160 e. The Balaban J connectivity index is 0.904. The van der Waals surface area contributed by atoms with Crippen molar-refractivity contribution in [2.24, 2.45) is 0 Å². The average Bonchev–Trinajstić information content (AvgIpc) is 3.76. The number of aromatic nitrogens is 2. The van der Waals surface area contributed by atoms with E-state index in [4.69, 9.17) is 9.97 Å². The SMILES string of the molecule is c1ccc(-c2nc(-c3ccc(-c4cccc(-c5cc6ccc7cccc8c9cccc%10ccc%11cccc(c(c5)c6c78)c%11c%109)c4)cc3)cc(-c3cccc4c3sc3ccccc34)n2)cc1. The highest BCUT2D eigenvalue weighted by atomic mass is 32.1. The van der Waals surface area contributed by atoms with Crippen molar-refractivity contribution in [3.05, 3.63) is 218 Å². The van der Waals surface area contributed by atoms with Crippen molar-refractivity contribution in [3.8, 4) is 56.2 Å². The summed E-state index contributed by atoms with van der Waals surface area (Å²) in [6.45, 7) is 0. The maximum absolute atomic E-state index is 5.21. The number of fused-ring (bicyclic) bond motifs is 5. The molecule has 0 amide bonds. The molecule has 2 nitrogen and oxygen atoms in total. The van der Waals surface area contributed by atoms with E-state index >= 15 is 0 Å². The predicted molar refractivity (Wildman–Crippen MR) is 278 cm³/mol. The largest absolute Gasteiger partial charge is 0.228 e. The fourth-order valence-corrected chi connectivity index (χ4v) is 11.8. The number of hydrogen-bond acceptors (Lipinski definition) is 3. The van der Waals surface area contributed by atoms with Crippen molar-refractivity contribution in [2.75, 3.05) is 0 Å². The summed E-state index contributed by atoms with van der Waals surface area (Å²) in [5.41, 5.74) is 9.70. The minimum absolute atomic E-state index is 0.718. The van der Waals surface area contributed by atoms with E-state index in [-0.39, 0.29) is 0 Å². The van der Waals surface area contributed by atoms with Crippen LogP contribution < -0.4 is 0 Å². The van der Waals surface area contributed by atoms with E-state index in [1.807, 2.05) is 17.4 Å². The van der Waals surface area contributed by atoms with Gasteiger partial charge in [0.1, 0.15) is 0 Å². The summed E-state index contributed by atoms with van der Waals surface area (Å²) in [6, 6.07) is 80.0. The Morgan fingerprint density at radius 1 is 0.277 bits per heavy atom. The molecule has 0 atom stereocenters. The number of rotatable bonds is 5. The molecule has 2 heterocycles. The van der Waals surface area contributed by atoms with Crippen LogP contribution in [0.1, 0.15) is 0 Å². The fourth-order valence-electron chi connectivity index (χ4n) is 10.6. The molecule has 65 heavy (non-hydrogen) atoms. The summed E-state index contributed by atoms with van der Waals surface area (Å²) in [7, 11) is 0. The molecule has 3 heteroatoms. The lowest BCUT2D eigenvalue weighted by Crippen LogP contribution is -1.96. The van der Waals surface area contributed by atoms with Gasteiger partial charge in [0.2, 0.25) is 0 Å². The topological polar surface area (TPSA) is 25.8 Å². The number of hydrogen-bond donors (Lipinski definition) is 0. The van der Waals surface area contributed by atoms with Gasteiger partial charge in [-0.15, -0.1) is 11.3 Å². The van der Waals surface area contributed by atoms with Crippen molar-refractivity contribution in [3.63, 3.8) is 0 Å². The molecule has 0 saturated carbocycles. The third kappa shape index (κ3) is 5.66. The molecule has 0 unspecified atom stereocenters. The average molecular weight is 841 g/mol. The lowest BCUT2D eigenvalue weighted by molar-refractivity contribution is 1.19. The molecule has 0 saturated heterocycles. The van der Waals surface area contributed by atoms with Crippen LogP contribution in [-0.4, -0.2) is 9.97 Å². The second-order valence-corrected chi connectivity index (χ2v) is 18.3. The van der Waals surface area contributed by atoms with Crippen LogP contribution in [0, 0.1) is 0 Å². The van der Waals surface area contributed by atoms with Crippen LogP contribution in [0.25, 0.3) is 141 Å². The molecule has 0 aliphatic rings. The van der Waals surface area contributed by atoms with Crippen LogP contribution in [0.5, 0.6) is 0 Å². The molecule has 0 spiro atoms. The molecule has 0 radical (unpaired) electrons. The van der Waals surface area contributed by atoms with Gasteiger partial charge in [0.15, 0.2) is 5.82 Å². The first-order chi connectivity index (χ1) is 32.2. The normalized spacial score (nSPS) is 12.0. The first-order valence-electron chi connectivity index (χ1n) is 22.2. The maximum atomic E-state index is 5.21. The summed E-state index contributed by atoms with van der Waals surface area (Å²) in [5, 5.41) is 18.0. The minimum Gasteiger partial charge on any atom is -0.228 e. The summed E-state index contributed by atoms with van der Waals surface area (Å²) in [4.78, 5) is 10.4. The summed E-state index contributed by atoms with van der Waals surface area (Å²) in [6.07, 6.45) is 0. The number of benzene rings is 11. The lowest BCUT2D eigenvalue weighted by atomic mass is 9.86. The van der Waals surface area contributed by atoms with Crippen LogP contribution in [0.2, 0.25) is 0 Å². The standard InChI is InChI=1S/C62H36N2S/c1-2-11-42(12-3-1)62-63-54(36-55(64-62)52-23-10-22-51-47-18-4-5-24-56(47)65-61(51)52)38-27-25-37(26-28-38)43-16-6-17-44(33-43)46-34-45-32-31-41-14-8-20-49-48-19-7-13-39-29-30-40-15-9-21-50(59(40)57(39)48)53(35-46)60(45)58(41)49/h1-36H. The zero-order valence-electron chi connectivity index (χ0n) is 35.1. The van der Waals surface area contributed by atoms with E-state index < -0.39 is 0 Å².